The summed E-state index contributed by atoms with van der Waals surface area (Å²) >= 11 is 0. The average Bonchev–Trinajstić information content (AvgIpc) is 3.13. The molecule has 1 saturated carbocycles. The monoisotopic (exact) mass is 344 g/mol. The molecule has 1 aromatic rings. The summed E-state index contributed by atoms with van der Waals surface area (Å²) in [7, 11) is 0. The second-order valence-corrected chi connectivity index (χ2v) is 7.28. The fourth-order valence-electron chi connectivity index (χ4n) is 3.93. The zero-order valence-corrected chi connectivity index (χ0v) is 14.8. The van der Waals surface area contributed by atoms with Gasteiger partial charge in [0.2, 0.25) is 5.91 Å². The second kappa shape index (κ2) is 8.37. The van der Waals surface area contributed by atoms with Crippen molar-refractivity contribution in [3.05, 3.63) is 29.8 Å². The van der Waals surface area contributed by atoms with Crippen molar-refractivity contribution in [2.45, 2.75) is 57.5 Å². The molecule has 0 spiro atoms. The molecule has 25 heavy (non-hydrogen) atoms. The molecule has 5 nitrogen and oxygen atoms in total. The number of hydrogen-bond donors (Lipinski definition) is 1. The molecule has 1 saturated heterocycles. The minimum Gasteiger partial charge on any atom is -0.490 e. The van der Waals surface area contributed by atoms with Crippen molar-refractivity contribution in [2.75, 3.05) is 13.1 Å². The van der Waals surface area contributed by atoms with Crippen LogP contribution < -0.4 is 10.5 Å². The van der Waals surface area contributed by atoms with Gasteiger partial charge in [0.05, 0.1) is 11.7 Å². The first kappa shape index (κ1) is 17.8. The smallest absolute Gasteiger partial charge is 0.257 e. The first-order chi connectivity index (χ1) is 12.1. The Kier molecular flexibility index (Phi) is 5.95. The Morgan fingerprint density at radius 2 is 1.88 bits per heavy atom. The molecule has 1 aliphatic heterocycles. The number of amides is 2. The van der Waals surface area contributed by atoms with E-state index in [9.17, 15) is 9.59 Å². The van der Waals surface area contributed by atoms with E-state index >= 15 is 0 Å². The second-order valence-electron chi connectivity index (χ2n) is 7.28. The zero-order chi connectivity index (χ0) is 17.6. The van der Waals surface area contributed by atoms with Crippen molar-refractivity contribution in [3.8, 4) is 5.75 Å². The molecule has 1 aliphatic carbocycles. The van der Waals surface area contributed by atoms with Crippen LogP contribution in [-0.4, -0.2) is 35.9 Å². The number of carbonyl (C=O) groups excluding carboxylic acids is 2. The van der Waals surface area contributed by atoms with E-state index in [1.54, 1.807) is 0 Å². The van der Waals surface area contributed by atoms with Crippen molar-refractivity contribution >= 4 is 11.8 Å². The summed E-state index contributed by atoms with van der Waals surface area (Å²) in [4.78, 5) is 26.0. The van der Waals surface area contributed by atoms with Crippen LogP contribution in [0.3, 0.4) is 0 Å². The number of para-hydroxylation sites is 1. The first-order valence-corrected chi connectivity index (χ1v) is 9.46. The summed E-state index contributed by atoms with van der Waals surface area (Å²) < 4.78 is 6.12. The number of nitrogens with zero attached hydrogens (tertiary/aromatic N) is 1. The third-order valence-corrected chi connectivity index (χ3v) is 5.32. The van der Waals surface area contributed by atoms with Crippen LogP contribution in [-0.2, 0) is 4.79 Å². The Bertz CT molecular complexity index is 611. The number of ether oxygens (including phenoxy) is 1. The number of piperidine rings is 1. The molecule has 136 valence electrons. The van der Waals surface area contributed by atoms with Gasteiger partial charge < -0.3 is 15.4 Å². The number of hydrogen-bond acceptors (Lipinski definition) is 3. The fourth-order valence-corrected chi connectivity index (χ4v) is 3.93. The third kappa shape index (κ3) is 4.74. The summed E-state index contributed by atoms with van der Waals surface area (Å²) in [5.41, 5.74) is 5.91. The lowest BCUT2D eigenvalue weighted by atomic mass is 9.93. The van der Waals surface area contributed by atoms with Crippen molar-refractivity contribution in [1.29, 1.82) is 0 Å². The molecule has 2 N–H and O–H groups in total. The van der Waals surface area contributed by atoms with E-state index < -0.39 is 0 Å². The van der Waals surface area contributed by atoms with Gasteiger partial charge in [-0.1, -0.05) is 12.1 Å². The molecule has 1 aromatic carbocycles. The number of primary amides is 1. The van der Waals surface area contributed by atoms with Gasteiger partial charge in [0.15, 0.2) is 0 Å². The summed E-state index contributed by atoms with van der Waals surface area (Å²) in [6.07, 6.45) is 7.97. The summed E-state index contributed by atoms with van der Waals surface area (Å²) in [5, 5.41) is 0. The lowest BCUT2D eigenvalue weighted by Gasteiger charge is -2.33. The lowest BCUT2D eigenvalue weighted by Crippen LogP contribution is -2.40. The number of carbonyl (C=O) groups is 2. The minimum absolute atomic E-state index is 0.0392. The van der Waals surface area contributed by atoms with Gasteiger partial charge in [0.1, 0.15) is 5.75 Å². The molecular weight excluding hydrogens is 316 g/mol. The van der Waals surface area contributed by atoms with Crippen LogP contribution in [0.25, 0.3) is 0 Å². The molecule has 5 heteroatoms. The van der Waals surface area contributed by atoms with Gasteiger partial charge in [-0.2, -0.15) is 0 Å². The maximum absolute atomic E-state index is 13.0. The first-order valence-electron chi connectivity index (χ1n) is 9.46. The normalized spacial score (nSPS) is 21.3. The van der Waals surface area contributed by atoms with Crippen molar-refractivity contribution in [1.82, 2.24) is 4.90 Å². The van der Waals surface area contributed by atoms with Crippen LogP contribution in [0.5, 0.6) is 5.75 Å². The highest BCUT2D eigenvalue weighted by atomic mass is 16.5. The summed E-state index contributed by atoms with van der Waals surface area (Å²) in [6.45, 7) is 1.47. The molecule has 0 aromatic heterocycles. The highest BCUT2D eigenvalue weighted by Crippen LogP contribution is 2.29. The van der Waals surface area contributed by atoms with Crippen LogP contribution in [0, 0.1) is 5.92 Å². The molecule has 1 heterocycles. The molecule has 2 aliphatic rings. The van der Waals surface area contributed by atoms with E-state index in [1.807, 2.05) is 29.2 Å². The maximum Gasteiger partial charge on any atom is 0.257 e. The van der Waals surface area contributed by atoms with Gasteiger partial charge in [0, 0.05) is 19.5 Å². The topological polar surface area (TPSA) is 72.6 Å². The van der Waals surface area contributed by atoms with Crippen LogP contribution in [0.1, 0.15) is 61.7 Å². The van der Waals surface area contributed by atoms with E-state index in [0.717, 1.165) is 38.6 Å². The maximum atomic E-state index is 13.0. The molecule has 0 unspecified atom stereocenters. The lowest BCUT2D eigenvalue weighted by molar-refractivity contribution is -0.118. The number of rotatable bonds is 6. The van der Waals surface area contributed by atoms with Gasteiger partial charge in [-0.15, -0.1) is 0 Å². The Balaban J connectivity index is 1.66. The number of nitrogens with two attached hydrogens (primary N) is 1. The molecule has 2 fully saturated rings. The van der Waals surface area contributed by atoms with Gasteiger partial charge >= 0.3 is 0 Å². The Labute approximate surface area is 149 Å². The van der Waals surface area contributed by atoms with Crippen molar-refractivity contribution < 1.29 is 14.3 Å². The van der Waals surface area contributed by atoms with Crippen molar-refractivity contribution in [3.63, 3.8) is 0 Å². The molecule has 0 radical (unpaired) electrons. The van der Waals surface area contributed by atoms with Crippen LogP contribution in [0.4, 0.5) is 0 Å². The van der Waals surface area contributed by atoms with E-state index in [2.05, 4.69) is 0 Å². The number of likely N-dealkylation sites (tertiary alicyclic amines) is 1. The molecule has 2 amide bonds. The number of benzene rings is 1. The quantitative estimate of drug-likeness (QED) is 0.862. The van der Waals surface area contributed by atoms with Crippen LogP contribution in [0.15, 0.2) is 24.3 Å². The molecule has 1 atom stereocenters. The Morgan fingerprint density at radius 3 is 2.64 bits per heavy atom. The molecular formula is C20H28N2O3. The highest BCUT2D eigenvalue weighted by Gasteiger charge is 2.27. The van der Waals surface area contributed by atoms with E-state index in [4.69, 9.17) is 10.5 Å². The zero-order valence-electron chi connectivity index (χ0n) is 14.8. The Hall–Kier alpha value is -2.04. The minimum atomic E-state index is -0.265. The standard InChI is InChI=1S/C20H28N2O3/c21-19(23)12-11-15-6-5-13-22(14-15)20(24)17-9-3-4-10-18(17)25-16-7-1-2-8-16/h3-4,9-10,15-16H,1-2,5-8,11-14H2,(H2,21,23)/t15-/m1/s1. The Morgan fingerprint density at radius 1 is 1.12 bits per heavy atom. The van der Waals surface area contributed by atoms with Gasteiger partial charge in [0.25, 0.3) is 5.91 Å². The predicted molar refractivity (Wildman–Crippen MR) is 96.4 cm³/mol. The highest BCUT2D eigenvalue weighted by molar-refractivity contribution is 5.97. The largest absolute Gasteiger partial charge is 0.490 e. The van der Waals surface area contributed by atoms with E-state index in [-0.39, 0.29) is 17.9 Å². The van der Waals surface area contributed by atoms with Gasteiger partial charge in [-0.05, 0) is 63.0 Å². The van der Waals surface area contributed by atoms with Crippen LogP contribution in [0.2, 0.25) is 0 Å². The van der Waals surface area contributed by atoms with E-state index in [0.29, 0.717) is 30.2 Å². The summed E-state index contributed by atoms with van der Waals surface area (Å²) in [6, 6.07) is 7.58. The third-order valence-electron chi connectivity index (χ3n) is 5.32. The van der Waals surface area contributed by atoms with Gasteiger partial charge in [-0.25, -0.2) is 0 Å². The fraction of sp³-hybridized carbons (Fsp3) is 0.600. The van der Waals surface area contributed by atoms with Gasteiger partial charge in [-0.3, -0.25) is 9.59 Å². The SMILES string of the molecule is NC(=O)CC[C@H]1CCCN(C(=O)c2ccccc2OC2CCCC2)C1. The predicted octanol–water partition coefficient (Wildman–Crippen LogP) is 3.13. The molecule has 3 rings (SSSR count). The van der Waals surface area contributed by atoms with Crippen molar-refractivity contribution in [2.24, 2.45) is 11.7 Å². The summed E-state index contributed by atoms with van der Waals surface area (Å²) in [5.74, 6) is 0.836. The van der Waals surface area contributed by atoms with Crippen LogP contribution >= 0.6 is 0 Å². The molecule has 0 bridgehead atoms. The average molecular weight is 344 g/mol. The van der Waals surface area contributed by atoms with E-state index in [1.165, 1.54) is 12.8 Å².